The van der Waals surface area contributed by atoms with E-state index in [4.69, 9.17) is 0 Å². The van der Waals surface area contributed by atoms with Crippen molar-refractivity contribution in [2.24, 2.45) is 0 Å². The Morgan fingerprint density at radius 2 is 1.50 bits per heavy atom. The Morgan fingerprint density at radius 3 is 1.83 bits per heavy atom. The van der Waals surface area contributed by atoms with Crippen molar-refractivity contribution >= 4 is 0 Å². The Hall–Kier alpha value is -1.17. The third-order valence-corrected chi connectivity index (χ3v) is 2.79. The van der Waals surface area contributed by atoms with E-state index in [0.29, 0.717) is 6.54 Å². The molecule has 0 aliphatic rings. The van der Waals surface area contributed by atoms with E-state index in [0.717, 1.165) is 24.3 Å². The monoisotopic (exact) mass is 267 g/mol. The maximum atomic E-state index is 13.0. The predicted molar refractivity (Wildman–Crippen MR) is 58.5 cm³/mol. The normalized spacial score (nSPS) is 15.8. The lowest BCUT2D eigenvalue weighted by Crippen LogP contribution is -2.45. The van der Waals surface area contributed by atoms with E-state index in [1.54, 1.807) is 6.92 Å². The fraction of sp³-hybridized carbons (Fsp3) is 0.500. The molecule has 0 spiro atoms. The molecule has 0 saturated carbocycles. The van der Waals surface area contributed by atoms with Crippen LogP contribution in [0.15, 0.2) is 24.3 Å². The highest BCUT2D eigenvalue weighted by Gasteiger charge is 2.37. The van der Waals surface area contributed by atoms with Crippen molar-refractivity contribution in [1.82, 2.24) is 5.32 Å². The van der Waals surface area contributed by atoms with Crippen LogP contribution in [0, 0.1) is 0 Å². The van der Waals surface area contributed by atoms with Crippen LogP contribution in [-0.4, -0.2) is 13.0 Å². The van der Waals surface area contributed by atoms with E-state index in [-0.39, 0.29) is 5.56 Å². The molecule has 0 aromatic heterocycles. The first kappa shape index (κ1) is 14.9. The first-order valence-electron chi connectivity index (χ1n) is 5.42. The lowest BCUT2D eigenvalue weighted by atomic mass is 9.91. The van der Waals surface area contributed by atoms with Crippen molar-refractivity contribution in [2.45, 2.75) is 32.0 Å². The third-order valence-electron chi connectivity index (χ3n) is 2.79. The smallest absolute Gasteiger partial charge is 0.303 e. The number of halogens is 5. The molecule has 0 aliphatic carbocycles. The minimum Gasteiger partial charge on any atom is -0.303 e. The van der Waals surface area contributed by atoms with Crippen LogP contribution in [0.25, 0.3) is 0 Å². The Kier molecular flexibility index (Phi) is 4.32. The van der Waals surface area contributed by atoms with Gasteiger partial charge in [0.2, 0.25) is 0 Å². The molecule has 102 valence electrons. The van der Waals surface area contributed by atoms with Crippen molar-refractivity contribution < 1.29 is 22.0 Å². The number of alkyl halides is 5. The van der Waals surface area contributed by atoms with E-state index >= 15 is 0 Å². The van der Waals surface area contributed by atoms with Gasteiger partial charge in [0.1, 0.15) is 5.54 Å². The molecule has 1 unspecified atom stereocenters. The van der Waals surface area contributed by atoms with Crippen molar-refractivity contribution in [3.8, 4) is 0 Å². The van der Waals surface area contributed by atoms with Gasteiger partial charge in [0.05, 0.1) is 5.56 Å². The molecule has 0 heterocycles. The average molecular weight is 267 g/mol. The van der Waals surface area contributed by atoms with Gasteiger partial charge in [-0.05, 0) is 31.2 Å². The first-order chi connectivity index (χ1) is 8.21. The summed E-state index contributed by atoms with van der Waals surface area (Å²) in [6.45, 7) is 3.22. The molecular formula is C12H14F5N. The molecule has 1 nitrogen and oxygen atoms in total. The van der Waals surface area contributed by atoms with Crippen molar-refractivity contribution in [3.05, 3.63) is 35.4 Å². The Balaban J connectivity index is 3.09. The molecule has 0 amide bonds. The van der Waals surface area contributed by atoms with Gasteiger partial charge in [-0.15, -0.1) is 0 Å². The maximum absolute atomic E-state index is 13.0. The fourth-order valence-corrected chi connectivity index (χ4v) is 1.68. The zero-order valence-corrected chi connectivity index (χ0v) is 9.98. The minimum atomic E-state index is -4.46. The Morgan fingerprint density at radius 1 is 1.06 bits per heavy atom. The van der Waals surface area contributed by atoms with E-state index in [9.17, 15) is 22.0 Å². The molecule has 6 heteroatoms. The van der Waals surface area contributed by atoms with Gasteiger partial charge in [0.15, 0.2) is 0 Å². The van der Waals surface area contributed by atoms with Crippen molar-refractivity contribution in [2.75, 3.05) is 6.54 Å². The number of rotatable bonds is 4. The summed E-state index contributed by atoms with van der Waals surface area (Å²) < 4.78 is 63.1. The summed E-state index contributed by atoms with van der Waals surface area (Å²) >= 11 is 0. The van der Waals surface area contributed by atoms with Gasteiger partial charge in [-0.1, -0.05) is 19.1 Å². The lowest BCUT2D eigenvalue weighted by molar-refractivity contribution is -0.137. The van der Waals surface area contributed by atoms with E-state index in [2.05, 4.69) is 5.32 Å². The highest BCUT2D eigenvalue weighted by molar-refractivity contribution is 5.30. The highest BCUT2D eigenvalue weighted by Crippen LogP contribution is 2.33. The summed E-state index contributed by atoms with van der Waals surface area (Å²) in [5.74, 6) is 0. The first-order valence-corrected chi connectivity index (χ1v) is 5.42. The van der Waals surface area contributed by atoms with Crippen molar-refractivity contribution in [3.63, 3.8) is 0 Å². The van der Waals surface area contributed by atoms with Crippen LogP contribution in [0.2, 0.25) is 0 Å². The van der Waals surface area contributed by atoms with Crippen LogP contribution in [0.3, 0.4) is 0 Å². The standard InChI is InChI=1S/C12H14F5N/c1-3-18-11(2,10(13)14)8-4-6-9(7-5-8)12(15,16)17/h4-7,10,18H,3H2,1-2H3. The van der Waals surface area contributed by atoms with E-state index < -0.39 is 23.7 Å². The van der Waals surface area contributed by atoms with Crippen LogP contribution < -0.4 is 5.32 Å². The molecule has 0 radical (unpaired) electrons. The van der Waals surface area contributed by atoms with Crippen molar-refractivity contribution in [1.29, 1.82) is 0 Å². The van der Waals surface area contributed by atoms with Crippen LogP contribution in [0.4, 0.5) is 22.0 Å². The van der Waals surface area contributed by atoms with Crippen LogP contribution >= 0.6 is 0 Å². The number of benzene rings is 1. The van der Waals surface area contributed by atoms with E-state index in [1.165, 1.54) is 6.92 Å². The molecular weight excluding hydrogens is 253 g/mol. The Bertz CT molecular complexity index is 384. The summed E-state index contributed by atoms with van der Waals surface area (Å²) in [5.41, 5.74) is -2.36. The lowest BCUT2D eigenvalue weighted by Gasteiger charge is -2.30. The number of nitrogens with one attached hydrogen (secondary N) is 1. The van der Waals surface area contributed by atoms with Gasteiger partial charge in [-0.3, -0.25) is 0 Å². The second kappa shape index (κ2) is 5.22. The summed E-state index contributed by atoms with van der Waals surface area (Å²) in [6.07, 6.45) is -7.17. The summed E-state index contributed by atoms with van der Waals surface area (Å²) in [4.78, 5) is 0. The number of hydrogen-bond acceptors (Lipinski definition) is 1. The zero-order chi connectivity index (χ0) is 14.0. The topological polar surface area (TPSA) is 12.0 Å². The largest absolute Gasteiger partial charge is 0.416 e. The van der Waals surface area contributed by atoms with Crippen LogP contribution in [0.1, 0.15) is 25.0 Å². The van der Waals surface area contributed by atoms with E-state index in [1.807, 2.05) is 0 Å². The molecule has 0 fully saturated rings. The molecule has 1 aromatic carbocycles. The molecule has 0 aliphatic heterocycles. The minimum absolute atomic E-state index is 0.132. The summed E-state index contributed by atoms with van der Waals surface area (Å²) in [6, 6.07) is 3.79. The van der Waals surface area contributed by atoms with Gasteiger partial charge < -0.3 is 5.32 Å². The van der Waals surface area contributed by atoms with Crippen LogP contribution in [-0.2, 0) is 11.7 Å². The highest BCUT2D eigenvalue weighted by atomic mass is 19.4. The fourth-order valence-electron chi connectivity index (χ4n) is 1.68. The zero-order valence-electron chi connectivity index (χ0n) is 9.98. The van der Waals surface area contributed by atoms with Gasteiger partial charge in [-0.25, -0.2) is 8.78 Å². The molecule has 18 heavy (non-hydrogen) atoms. The molecule has 1 N–H and O–H groups in total. The second-order valence-electron chi connectivity index (χ2n) is 4.11. The maximum Gasteiger partial charge on any atom is 0.416 e. The van der Waals surface area contributed by atoms with Gasteiger partial charge >= 0.3 is 6.18 Å². The second-order valence-corrected chi connectivity index (χ2v) is 4.11. The summed E-state index contributed by atoms with van der Waals surface area (Å²) in [7, 11) is 0. The van der Waals surface area contributed by atoms with Gasteiger partial charge in [0, 0.05) is 0 Å². The van der Waals surface area contributed by atoms with Gasteiger partial charge in [-0.2, -0.15) is 13.2 Å². The predicted octanol–water partition coefficient (Wildman–Crippen LogP) is 3.80. The Labute approximate surface area is 102 Å². The SMILES string of the molecule is CCNC(C)(c1ccc(C(F)(F)F)cc1)C(F)F. The van der Waals surface area contributed by atoms with Gasteiger partial charge in [0.25, 0.3) is 6.43 Å². The molecule has 1 atom stereocenters. The third kappa shape index (κ3) is 2.98. The summed E-state index contributed by atoms with van der Waals surface area (Å²) in [5, 5.41) is 2.60. The number of hydrogen-bond donors (Lipinski definition) is 1. The molecule has 0 bridgehead atoms. The molecule has 1 rings (SSSR count). The van der Waals surface area contributed by atoms with Crippen LogP contribution in [0.5, 0.6) is 0 Å². The quantitative estimate of drug-likeness (QED) is 0.818. The molecule has 1 aromatic rings. The average Bonchev–Trinajstić information content (AvgIpc) is 2.28. The molecule has 0 saturated heterocycles.